The molecule has 2 aromatic rings. The summed E-state index contributed by atoms with van der Waals surface area (Å²) in [5.41, 5.74) is 7.50. The smallest absolute Gasteiger partial charge is 0.244 e. The standard InChI is InChI=1S/C20H22N2O3/c1-13-4-5-14(2)17(10-13)12-20(23)22-21-15(3)16-6-7-18-19(11-16)25-9-8-24-18/h4-7,10-11H,8-9,12H2,1-3H3,(H,22,23)/b21-15-. The molecule has 0 aliphatic carbocycles. The van der Waals surface area contributed by atoms with E-state index in [2.05, 4.69) is 10.5 Å². The number of aryl methyl sites for hydroxylation is 2. The molecule has 0 aromatic heterocycles. The summed E-state index contributed by atoms with van der Waals surface area (Å²) >= 11 is 0. The van der Waals surface area contributed by atoms with Gasteiger partial charge < -0.3 is 9.47 Å². The van der Waals surface area contributed by atoms with Crippen LogP contribution in [0.1, 0.15) is 29.2 Å². The van der Waals surface area contributed by atoms with Crippen LogP contribution in [0.25, 0.3) is 0 Å². The Morgan fingerprint density at radius 2 is 1.84 bits per heavy atom. The van der Waals surface area contributed by atoms with Crippen molar-refractivity contribution in [2.75, 3.05) is 13.2 Å². The number of amides is 1. The number of carbonyl (C=O) groups is 1. The zero-order chi connectivity index (χ0) is 17.8. The Hall–Kier alpha value is -2.82. The normalized spacial score (nSPS) is 13.5. The molecule has 0 bridgehead atoms. The first-order valence-electron chi connectivity index (χ1n) is 8.32. The molecule has 2 aromatic carbocycles. The molecule has 0 saturated carbocycles. The Kier molecular flexibility index (Phi) is 5.03. The molecule has 3 rings (SSSR count). The van der Waals surface area contributed by atoms with Crippen molar-refractivity contribution in [2.45, 2.75) is 27.2 Å². The van der Waals surface area contributed by atoms with Crippen LogP contribution in [-0.2, 0) is 11.2 Å². The molecule has 0 unspecified atom stereocenters. The topological polar surface area (TPSA) is 59.9 Å². The zero-order valence-electron chi connectivity index (χ0n) is 14.8. The lowest BCUT2D eigenvalue weighted by molar-refractivity contribution is -0.120. The zero-order valence-corrected chi connectivity index (χ0v) is 14.8. The van der Waals surface area contributed by atoms with Gasteiger partial charge in [-0.05, 0) is 50.1 Å². The van der Waals surface area contributed by atoms with Gasteiger partial charge in [0.15, 0.2) is 11.5 Å². The van der Waals surface area contributed by atoms with Crippen LogP contribution >= 0.6 is 0 Å². The maximum Gasteiger partial charge on any atom is 0.244 e. The summed E-state index contributed by atoms with van der Waals surface area (Å²) in [5.74, 6) is 1.31. The second-order valence-corrected chi connectivity index (χ2v) is 6.20. The number of nitrogens with zero attached hydrogens (tertiary/aromatic N) is 1. The van der Waals surface area contributed by atoms with Crippen LogP contribution in [0.2, 0.25) is 0 Å². The Morgan fingerprint density at radius 1 is 1.08 bits per heavy atom. The molecular formula is C20H22N2O3. The molecule has 5 nitrogen and oxygen atoms in total. The molecule has 0 saturated heterocycles. The van der Waals surface area contributed by atoms with E-state index in [-0.39, 0.29) is 5.91 Å². The minimum absolute atomic E-state index is 0.134. The van der Waals surface area contributed by atoms with Crippen LogP contribution in [-0.4, -0.2) is 24.8 Å². The van der Waals surface area contributed by atoms with E-state index in [1.54, 1.807) is 0 Å². The van der Waals surface area contributed by atoms with Gasteiger partial charge in [0.05, 0.1) is 12.1 Å². The average Bonchev–Trinajstić information content (AvgIpc) is 2.62. The molecule has 1 amide bonds. The van der Waals surface area contributed by atoms with Crippen molar-refractivity contribution in [1.82, 2.24) is 5.43 Å². The molecule has 1 N–H and O–H groups in total. The maximum absolute atomic E-state index is 12.2. The Morgan fingerprint density at radius 3 is 2.64 bits per heavy atom. The molecule has 25 heavy (non-hydrogen) atoms. The van der Waals surface area contributed by atoms with E-state index in [4.69, 9.17) is 9.47 Å². The fourth-order valence-electron chi connectivity index (χ4n) is 2.68. The van der Waals surface area contributed by atoms with Crippen molar-refractivity contribution < 1.29 is 14.3 Å². The first kappa shape index (κ1) is 17.0. The van der Waals surface area contributed by atoms with Crippen molar-refractivity contribution in [3.8, 4) is 11.5 Å². The summed E-state index contributed by atoms with van der Waals surface area (Å²) in [7, 11) is 0. The number of nitrogens with one attached hydrogen (secondary N) is 1. The lowest BCUT2D eigenvalue weighted by Crippen LogP contribution is -2.22. The van der Waals surface area contributed by atoms with Gasteiger partial charge in [0, 0.05) is 5.56 Å². The number of benzene rings is 2. The second-order valence-electron chi connectivity index (χ2n) is 6.20. The molecule has 0 atom stereocenters. The summed E-state index contributed by atoms with van der Waals surface area (Å²) in [6.45, 7) is 6.98. The van der Waals surface area contributed by atoms with Crippen LogP contribution in [0.4, 0.5) is 0 Å². The predicted molar refractivity (Wildman–Crippen MR) is 97.4 cm³/mol. The van der Waals surface area contributed by atoms with Crippen molar-refractivity contribution in [3.05, 3.63) is 58.7 Å². The Bertz CT molecular complexity index is 828. The van der Waals surface area contributed by atoms with Gasteiger partial charge in [-0.2, -0.15) is 5.10 Å². The van der Waals surface area contributed by atoms with Crippen molar-refractivity contribution in [2.24, 2.45) is 5.10 Å². The minimum atomic E-state index is -0.134. The molecule has 130 valence electrons. The molecule has 0 radical (unpaired) electrons. The molecule has 1 aliphatic heterocycles. The van der Waals surface area contributed by atoms with E-state index in [1.165, 1.54) is 0 Å². The van der Waals surface area contributed by atoms with E-state index in [0.29, 0.717) is 31.1 Å². The monoisotopic (exact) mass is 338 g/mol. The van der Waals surface area contributed by atoms with Gasteiger partial charge in [-0.15, -0.1) is 0 Å². The van der Waals surface area contributed by atoms with Crippen molar-refractivity contribution >= 4 is 11.6 Å². The highest BCUT2D eigenvalue weighted by molar-refractivity contribution is 5.99. The van der Waals surface area contributed by atoms with Gasteiger partial charge in [0.1, 0.15) is 13.2 Å². The Balaban J connectivity index is 1.66. The van der Waals surface area contributed by atoms with E-state index < -0.39 is 0 Å². The van der Waals surface area contributed by atoms with Crippen molar-refractivity contribution in [1.29, 1.82) is 0 Å². The second kappa shape index (κ2) is 7.38. The van der Waals surface area contributed by atoms with E-state index >= 15 is 0 Å². The number of ether oxygens (including phenoxy) is 2. The minimum Gasteiger partial charge on any atom is -0.486 e. The lowest BCUT2D eigenvalue weighted by Gasteiger charge is -2.18. The fraction of sp³-hybridized carbons (Fsp3) is 0.300. The Labute approximate surface area is 147 Å². The molecule has 0 spiro atoms. The summed E-state index contributed by atoms with van der Waals surface area (Å²) in [6, 6.07) is 11.8. The van der Waals surface area contributed by atoms with Crippen LogP contribution < -0.4 is 14.9 Å². The van der Waals surface area contributed by atoms with Gasteiger partial charge in [-0.25, -0.2) is 5.43 Å². The van der Waals surface area contributed by atoms with Crippen LogP contribution in [0.3, 0.4) is 0 Å². The quantitative estimate of drug-likeness (QED) is 0.688. The van der Waals surface area contributed by atoms with E-state index in [1.807, 2.05) is 57.2 Å². The highest BCUT2D eigenvalue weighted by atomic mass is 16.6. The molecule has 0 fully saturated rings. The summed E-state index contributed by atoms with van der Waals surface area (Å²) < 4.78 is 11.1. The number of hydrogen-bond donors (Lipinski definition) is 1. The third-order valence-corrected chi connectivity index (χ3v) is 4.16. The number of hydrogen-bond acceptors (Lipinski definition) is 4. The van der Waals surface area contributed by atoms with Gasteiger partial charge in [-0.3, -0.25) is 4.79 Å². The highest BCUT2D eigenvalue weighted by Crippen LogP contribution is 2.30. The third kappa shape index (κ3) is 4.18. The summed E-state index contributed by atoms with van der Waals surface area (Å²) in [4.78, 5) is 12.2. The summed E-state index contributed by atoms with van der Waals surface area (Å²) in [6.07, 6.45) is 0.311. The van der Waals surface area contributed by atoms with Gasteiger partial charge >= 0.3 is 0 Å². The molecule has 1 heterocycles. The highest BCUT2D eigenvalue weighted by Gasteiger charge is 2.13. The first-order chi connectivity index (χ1) is 12.0. The van der Waals surface area contributed by atoms with Crippen LogP contribution in [0.15, 0.2) is 41.5 Å². The fourth-order valence-corrected chi connectivity index (χ4v) is 2.68. The average molecular weight is 338 g/mol. The molecular weight excluding hydrogens is 316 g/mol. The van der Waals surface area contributed by atoms with Crippen LogP contribution in [0.5, 0.6) is 11.5 Å². The van der Waals surface area contributed by atoms with E-state index in [9.17, 15) is 4.79 Å². The number of rotatable bonds is 4. The number of carbonyl (C=O) groups excluding carboxylic acids is 1. The van der Waals surface area contributed by atoms with Gasteiger partial charge in [0.25, 0.3) is 0 Å². The maximum atomic E-state index is 12.2. The molecule has 1 aliphatic rings. The van der Waals surface area contributed by atoms with Crippen LogP contribution in [0, 0.1) is 13.8 Å². The first-order valence-corrected chi connectivity index (χ1v) is 8.32. The predicted octanol–water partition coefficient (Wildman–Crippen LogP) is 3.16. The SMILES string of the molecule is C/C(=N/NC(=O)Cc1cc(C)ccc1C)c1ccc2c(c1)OCCO2. The lowest BCUT2D eigenvalue weighted by atomic mass is 10.0. The van der Waals surface area contributed by atoms with Gasteiger partial charge in [0.2, 0.25) is 5.91 Å². The number of fused-ring (bicyclic) bond motifs is 1. The third-order valence-electron chi connectivity index (χ3n) is 4.16. The van der Waals surface area contributed by atoms with E-state index in [0.717, 1.165) is 28.0 Å². The summed E-state index contributed by atoms with van der Waals surface area (Å²) in [5, 5.41) is 4.21. The van der Waals surface area contributed by atoms with Gasteiger partial charge in [-0.1, -0.05) is 23.8 Å². The number of hydrazone groups is 1. The molecule has 5 heteroatoms. The van der Waals surface area contributed by atoms with Crippen molar-refractivity contribution in [3.63, 3.8) is 0 Å². The largest absolute Gasteiger partial charge is 0.486 e.